The highest BCUT2D eigenvalue weighted by atomic mass is 19.1. The molecule has 1 aromatic rings. The van der Waals surface area contributed by atoms with E-state index >= 15 is 0 Å². The van der Waals surface area contributed by atoms with Crippen molar-refractivity contribution in [3.63, 3.8) is 0 Å². The van der Waals surface area contributed by atoms with Crippen LogP contribution in [0.25, 0.3) is 0 Å². The SMILES string of the molecule is CCOC(=O)[C@H]1CC(=O)c2c(F)cc(F)cc2N1. The van der Waals surface area contributed by atoms with Gasteiger partial charge in [0.1, 0.15) is 17.7 Å². The number of rotatable bonds is 2. The Morgan fingerprint density at radius 3 is 2.89 bits per heavy atom. The van der Waals surface area contributed by atoms with Crippen molar-refractivity contribution in [2.75, 3.05) is 11.9 Å². The van der Waals surface area contributed by atoms with E-state index in [1.54, 1.807) is 6.92 Å². The van der Waals surface area contributed by atoms with Crippen molar-refractivity contribution in [2.24, 2.45) is 0 Å². The average Bonchev–Trinajstić information content (AvgIpc) is 2.27. The minimum atomic E-state index is -0.926. The van der Waals surface area contributed by atoms with E-state index in [-0.39, 0.29) is 24.3 Å². The van der Waals surface area contributed by atoms with Crippen molar-refractivity contribution in [1.29, 1.82) is 0 Å². The van der Waals surface area contributed by atoms with Crippen LogP contribution in [-0.4, -0.2) is 24.4 Å². The van der Waals surface area contributed by atoms with Crippen LogP contribution in [0.3, 0.4) is 0 Å². The maximum Gasteiger partial charge on any atom is 0.329 e. The van der Waals surface area contributed by atoms with E-state index in [0.717, 1.165) is 6.07 Å². The van der Waals surface area contributed by atoms with Crippen LogP contribution in [0.1, 0.15) is 23.7 Å². The fraction of sp³-hybridized carbons (Fsp3) is 0.333. The monoisotopic (exact) mass is 255 g/mol. The molecule has 0 bridgehead atoms. The Balaban J connectivity index is 2.34. The lowest BCUT2D eigenvalue weighted by Crippen LogP contribution is -2.38. The lowest BCUT2D eigenvalue weighted by atomic mass is 9.96. The van der Waals surface area contributed by atoms with Gasteiger partial charge in [0.25, 0.3) is 0 Å². The maximum absolute atomic E-state index is 13.4. The molecule has 0 saturated heterocycles. The maximum atomic E-state index is 13.4. The first kappa shape index (κ1) is 12.5. The van der Waals surface area contributed by atoms with E-state index in [1.807, 2.05) is 0 Å². The molecule has 18 heavy (non-hydrogen) atoms. The van der Waals surface area contributed by atoms with Crippen LogP contribution in [0.4, 0.5) is 14.5 Å². The van der Waals surface area contributed by atoms with Gasteiger partial charge in [0.05, 0.1) is 17.9 Å². The van der Waals surface area contributed by atoms with Gasteiger partial charge >= 0.3 is 5.97 Å². The molecular weight excluding hydrogens is 244 g/mol. The number of carbonyl (C=O) groups excluding carboxylic acids is 2. The minimum Gasteiger partial charge on any atom is -0.464 e. The Morgan fingerprint density at radius 1 is 1.50 bits per heavy atom. The Morgan fingerprint density at radius 2 is 2.22 bits per heavy atom. The van der Waals surface area contributed by atoms with Crippen molar-refractivity contribution >= 4 is 17.4 Å². The van der Waals surface area contributed by atoms with E-state index in [1.165, 1.54) is 0 Å². The first-order valence-corrected chi connectivity index (χ1v) is 5.48. The summed E-state index contributed by atoms with van der Waals surface area (Å²) in [6.45, 7) is 1.81. The molecule has 1 aliphatic rings. The molecule has 2 rings (SSSR count). The van der Waals surface area contributed by atoms with E-state index in [2.05, 4.69) is 5.32 Å². The third-order valence-corrected chi connectivity index (χ3v) is 2.62. The van der Waals surface area contributed by atoms with Gasteiger partial charge in [-0.1, -0.05) is 0 Å². The molecule has 0 unspecified atom stereocenters. The lowest BCUT2D eigenvalue weighted by Gasteiger charge is -2.24. The zero-order chi connectivity index (χ0) is 13.3. The number of anilines is 1. The number of esters is 1. The summed E-state index contributed by atoms with van der Waals surface area (Å²) in [4.78, 5) is 23.2. The topological polar surface area (TPSA) is 55.4 Å². The van der Waals surface area contributed by atoms with Crippen LogP contribution in [-0.2, 0) is 9.53 Å². The number of carbonyl (C=O) groups is 2. The summed E-state index contributed by atoms with van der Waals surface area (Å²) in [6.07, 6.45) is -0.200. The van der Waals surface area contributed by atoms with E-state index in [0.29, 0.717) is 6.07 Å². The summed E-state index contributed by atoms with van der Waals surface area (Å²) in [7, 11) is 0. The molecule has 0 fully saturated rings. The van der Waals surface area contributed by atoms with E-state index < -0.39 is 29.4 Å². The molecule has 0 saturated carbocycles. The van der Waals surface area contributed by atoms with Crippen LogP contribution in [0.15, 0.2) is 12.1 Å². The molecule has 0 aromatic heterocycles. The fourth-order valence-corrected chi connectivity index (χ4v) is 1.88. The molecule has 0 radical (unpaired) electrons. The minimum absolute atomic E-state index is 0.0122. The van der Waals surface area contributed by atoms with Gasteiger partial charge in [0, 0.05) is 12.5 Å². The zero-order valence-corrected chi connectivity index (χ0v) is 9.63. The van der Waals surface area contributed by atoms with Crippen molar-refractivity contribution in [3.05, 3.63) is 29.3 Å². The van der Waals surface area contributed by atoms with Gasteiger partial charge in [-0.25, -0.2) is 13.6 Å². The molecule has 1 N–H and O–H groups in total. The van der Waals surface area contributed by atoms with Crippen LogP contribution in [0.5, 0.6) is 0 Å². The second-order valence-electron chi connectivity index (χ2n) is 3.89. The Bertz CT molecular complexity index is 516. The van der Waals surface area contributed by atoms with Crippen LogP contribution in [0.2, 0.25) is 0 Å². The summed E-state index contributed by atoms with van der Waals surface area (Å²) < 4.78 is 31.3. The van der Waals surface area contributed by atoms with Crippen molar-refractivity contribution in [2.45, 2.75) is 19.4 Å². The lowest BCUT2D eigenvalue weighted by molar-refractivity contribution is -0.144. The molecule has 0 aliphatic carbocycles. The van der Waals surface area contributed by atoms with Gasteiger partial charge in [-0.2, -0.15) is 0 Å². The average molecular weight is 255 g/mol. The van der Waals surface area contributed by atoms with Gasteiger partial charge in [0.15, 0.2) is 5.78 Å². The highest BCUT2D eigenvalue weighted by molar-refractivity contribution is 6.06. The molecule has 1 atom stereocenters. The summed E-state index contributed by atoms with van der Waals surface area (Å²) in [5, 5.41) is 2.62. The summed E-state index contributed by atoms with van der Waals surface area (Å²) >= 11 is 0. The molecule has 1 aliphatic heterocycles. The third-order valence-electron chi connectivity index (χ3n) is 2.62. The number of ether oxygens (including phenoxy) is 1. The van der Waals surface area contributed by atoms with Gasteiger partial charge < -0.3 is 10.1 Å². The normalized spacial score (nSPS) is 17.9. The van der Waals surface area contributed by atoms with Crippen LogP contribution in [0, 0.1) is 11.6 Å². The van der Waals surface area contributed by atoms with Gasteiger partial charge in [-0.3, -0.25) is 4.79 Å². The quantitative estimate of drug-likeness (QED) is 0.820. The number of fused-ring (bicyclic) bond motifs is 1. The van der Waals surface area contributed by atoms with E-state index in [9.17, 15) is 18.4 Å². The number of benzene rings is 1. The summed E-state index contributed by atoms with van der Waals surface area (Å²) in [6, 6.07) is 0.733. The third kappa shape index (κ3) is 2.18. The highest BCUT2D eigenvalue weighted by Gasteiger charge is 2.32. The number of hydrogen-bond acceptors (Lipinski definition) is 4. The van der Waals surface area contributed by atoms with Crippen molar-refractivity contribution < 1.29 is 23.1 Å². The van der Waals surface area contributed by atoms with Gasteiger partial charge in [-0.05, 0) is 13.0 Å². The van der Waals surface area contributed by atoms with Crippen molar-refractivity contribution in [3.8, 4) is 0 Å². The Labute approximate surface area is 102 Å². The molecule has 1 heterocycles. The predicted molar refractivity (Wildman–Crippen MR) is 59.3 cm³/mol. The standard InChI is InChI=1S/C12H11F2NO3/c1-2-18-12(17)9-5-10(16)11-7(14)3-6(13)4-8(11)15-9/h3-4,9,15H,2,5H2,1H3/t9-/m1/s1. The van der Waals surface area contributed by atoms with Gasteiger partial charge in [0.2, 0.25) is 0 Å². The smallest absolute Gasteiger partial charge is 0.329 e. The summed E-state index contributed by atoms with van der Waals surface area (Å²) in [5.74, 6) is -2.89. The van der Waals surface area contributed by atoms with Crippen molar-refractivity contribution in [1.82, 2.24) is 0 Å². The Hall–Kier alpha value is -1.98. The number of nitrogens with one attached hydrogen (secondary N) is 1. The molecule has 0 spiro atoms. The predicted octanol–water partition coefficient (Wildman–Crippen LogP) is 1.89. The molecule has 0 amide bonds. The van der Waals surface area contributed by atoms with Gasteiger partial charge in [-0.15, -0.1) is 0 Å². The van der Waals surface area contributed by atoms with Crippen LogP contribution >= 0.6 is 0 Å². The zero-order valence-electron chi connectivity index (χ0n) is 9.63. The fourth-order valence-electron chi connectivity index (χ4n) is 1.88. The van der Waals surface area contributed by atoms with E-state index in [4.69, 9.17) is 4.74 Å². The second kappa shape index (κ2) is 4.72. The molecule has 1 aromatic carbocycles. The number of Topliss-reactive ketones (excluding diaryl/α,β-unsaturated/α-hetero) is 1. The first-order chi connectivity index (χ1) is 8.52. The Kier molecular flexibility index (Phi) is 3.27. The summed E-state index contributed by atoms with van der Waals surface area (Å²) in [5.41, 5.74) is -0.223. The number of hydrogen-bond donors (Lipinski definition) is 1. The number of ketones is 1. The largest absolute Gasteiger partial charge is 0.464 e. The highest BCUT2D eigenvalue weighted by Crippen LogP contribution is 2.28. The van der Waals surface area contributed by atoms with Crippen LogP contribution < -0.4 is 5.32 Å². The molecule has 6 heteroatoms. The first-order valence-electron chi connectivity index (χ1n) is 5.48. The molecular formula is C12H11F2NO3. The molecule has 4 nitrogen and oxygen atoms in total. The molecule has 96 valence electrons. The number of halogens is 2. The second-order valence-corrected chi connectivity index (χ2v) is 3.89.